The first-order valence-electron chi connectivity index (χ1n) is 9.94. The van der Waals surface area contributed by atoms with Gasteiger partial charge in [-0.05, 0) is 42.7 Å². The number of rotatable bonds is 7. The van der Waals surface area contributed by atoms with Crippen LogP contribution < -0.4 is 10.6 Å². The summed E-state index contributed by atoms with van der Waals surface area (Å²) in [4.78, 5) is 46.8. The van der Waals surface area contributed by atoms with Crippen molar-refractivity contribution in [3.63, 3.8) is 0 Å². The van der Waals surface area contributed by atoms with Crippen molar-refractivity contribution in [2.45, 2.75) is 19.9 Å². The highest BCUT2D eigenvalue weighted by molar-refractivity contribution is 6.35. The maximum atomic E-state index is 13.1. The lowest BCUT2D eigenvalue weighted by Crippen LogP contribution is -2.37. The Kier molecular flexibility index (Phi) is 7.22. The molecule has 3 rings (SSSR count). The Morgan fingerprint density at radius 2 is 1.41 bits per heavy atom. The summed E-state index contributed by atoms with van der Waals surface area (Å²) in [7, 11) is 0. The number of anilines is 1. The van der Waals surface area contributed by atoms with E-state index in [9.17, 15) is 29.8 Å². The van der Waals surface area contributed by atoms with Crippen LogP contribution in [0, 0.1) is 34.1 Å². The monoisotopic (exact) mass is 482 g/mol. The molecule has 0 spiro atoms. The van der Waals surface area contributed by atoms with Crippen LogP contribution in [-0.2, 0) is 4.79 Å². The maximum absolute atomic E-state index is 13.1. The number of carbonyl (C=O) groups excluding carboxylic acids is 2. The fourth-order valence-electron chi connectivity index (χ4n) is 3.41. The summed E-state index contributed by atoms with van der Waals surface area (Å²) in [5, 5.41) is 27.1. The minimum atomic E-state index is -1.19. The SMILES string of the molecule is Cc1cc(C)cc(NC(=O)[C@H](NC(=O)c2cc([N+](=O)[O-])c(Cl)c([N+](=O)[O-])c2)c2ccccc2)c1. The minimum absolute atomic E-state index is 0.386. The molecule has 174 valence electrons. The number of benzene rings is 3. The number of halogens is 1. The Balaban J connectivity index is 1.97. The molecule has 0 unspecified atom stereocenters. The van der Waals surface area contributed by atoms with Crippen molar-refractivity contribution in [3.8, 4) is 0 Å². The van der Waals surface area contributed by atoms with E-state index in [-0.39, 0.29) is 5.56 Å². The van der Waals surface area contributed by atoms with E-state index < -0.39 is 44.1 Å². The van der Waals surface area contributed by atoms with Crippen molar-refractivity contribution in [2.24, 2.45) is 0 Å². The summed E-state index contributed by atoms with van der Waals surface area (Å²) < 4.78 is 0. The third-order valence-corrected chi connectivity index (χ3v) is 5.24. The first-order chi connectivity index (χ1) is 16.1. The van der Waals surface area contributed by atoms with E-state index in [4.69, 9.17) is 11.6 Å². The number of nitrogens with zero attached hydrogens (tertiary/aromatic N) is 2. The van der Waals surface area contributed by atoms with Crippen LogP contribution in [0.15, 0.2) is 60.7 Å². The van der Waals surface area contributed by atoms with Gasteiger partial charge in [-0.3, -0.25) is 29.8 Å². The number of nitro groups is 2. The quantitative estimate of drug-likeness (QED) is 0.362. The van der Waals surface area contributed by atoms with Gasteiger partial charge in [0, 0.05) is 17.8 Å². The van der Waals surface area contributed by atoms with Gasteiger partial charge in [0.25, 0.3) is 23.2 Å². The largest absolute Gasteiger partial charge is 0.336 e. The standard InChI is InChI=1S/C23H19ClN4O6/c1-13-8-14(2)10-17(9-13)25-23(30)21(15-6-4-3-5-7-15)26-22(29)16-11-18(27(31)32)20(24)19(12-16)28(33)34/h3-12,21H,1-2H3,(H,25,30)(H,26,29)/t21-/m1/s1. The smallest absolute Gasteiger partial charge is 0.295 e. The van der Waals surface area contributed by atoms with Gasteiger partial charge >= 0.3 is 0 Å². The Morgan fingerprint density at radius 3 is 1.91 bits per heavy atom. The third-order valence-electron chi connectivity index (χ3n) is 4.85. The van der Waals surface area contributed by atoms with E-state index in [1.807, 2.05) is 19.9 Å². The Hall–Kier alpha value is -4.31. The van der Waals surface area contributed by atoms with Crippen LogP contribution in [0.5, 0.6) is 0 Å². The molecule has 34 heavy (non-hydrogen) atoms. The highest BCUT2D eigenvalue weighted by Crippen LogP contribution is 2.35. The van der Waals surface area contributed by atoms with Gasteiger partial charge in [0.15, 0.2) is 5.02 Å². The lowest BCUT2D eigenvalue weighted by atomic mass is 10.0. The fraction of sp³-hybridized carbons (Fsp3) is 0.130. The number of hydrogen-bond donors (Lipinski definition) is 2. The van der Waals surface area contributed by atoms with Crippen molar-refractivity contribution in [1.29, 1.82) is 0 Å². The summed E-state index contributed by atoms with van der Waals surface area (Å²) in [6, 6.07) is 14.3. The highest BCUT2D eigenvalue weighted by Gasteiger charge is 2.29. The molecule has 0 aromatic heterocycles. The summed E-state index contributed by atoms with van der Waals surface area (Å²) >= 11 is 5.76. The number of carbonyl (C=O) groups is 2. The lowest BCUT2D eigenvalue weighted by Gasteiger charge is -2.19. The molecule has 0 aliphatic heterocycles. The number of nitrogens with one attached hydrogen (secondary N) is 2. The van der Waals surface area contributed by atoms with E-state index in [2.05, 4.69) is 10.6 Å². The highest BCUT2D eigenvalue weighted by atomic mass is 35.5. The van der Waals surface area contributed by atoms with Gasteiger partial charge in [0.1, 0.15) is 6.04 Å². The molecule has 0 fully saturated rings. The summed E-state index contributed by atoms with van der Waals surface area (Å²) in [6.45, 7) is 3.75. The Morgan fingerprint density at radius 1 is 0.882 bits per heavy atom. The zero-order valence-corrected chi connectivity index (χ0v) is 18.8. The molecule has 0 saturated heterocycles. The second-order valence-corrected chi connectivity index (χ2v) is 7.90. The van der Waals surface area contributed by atoms with Crippen LogP contribution in [0.2, 0.25) is 5.02 Å². The molecule has 3 aromatic rings. The van der Waals surface area contributed by atoms with Crippen molar-refractivity contribution in [2.75, 3.05) is 5.32 Å². The molecule has 0 bridgehead atoms. The van der Waals surface area contributed by atoms with Crippen LogP contribution in [0.25, 0.3) is 0 Å². The minimum Gasteiger partial charge on any atom is -0.336 e. The summed E-state index contributed by atoms with van der Waals surface area (Å²) in [6.07, 6.45) is 0. The van der Waals surface area contributed by atoms with Gasteiger partial charge in [0.2, 0.25) is 0 Å². The molecular weight excluding hydrogens is 464 g/mol. The molecule has 2 amide bonds. The molecule has 0 saturated carbocycles. The molecule has 11 heteroatoms. The molecule has 0 radical (unpaired) electrons. The van der Waals surface area contributed by atoms with Crippen molar-refractivity contribution < 1.29 is 19.4 Å². The van der Waals surface area contributed by atoms with Gasteiger partial charge < -0.3 is 10.6 Å². The normalized spacial score (nSPS) is 11.4. The average Bonchev–Trinajstić information content (AvgIpc) is 2.76. The molecule has 0 aliphatic carbocycles. The van der Waals surface area contributed by atoms with Crippen LogP contribution in [0.3, 0.4) is 0 Å². The molecular formula is C23H19ClN4O6. The number of nitro benzene ring substituents is 2. The first-order valence-corrected chi connectivity index (χ1v) is 10.3. The molecule has 0 heterocycles. The van der Waals surface area contributed by atoms with Gasteiger partial charge in [-0.2, -0.15) is 0 Å². The van der Waals surface area contributed by atoms with Crippen LogP contribution in [0.1, 0.15) is 33.1 Å². The molecule has 3 aromatic carbocycles. The zero-order valence-electron chi connectivity index (χ0n) is 18.1. The van der Waals surface area contributed by atoms with E-state index in [0.717, 1.165) is 23.3 Å². The van der Waals surface area contributed by atoms with Gasteiger partial charge in [-0.15, -0.1) is 0 Å². The van der Waals surface area contributed by atoms with Crippen molar-refractivity contribution >= 4 is 40.5 Å². The Labute approximate surface area is 198 Å². The second kappa shape index (κ2) is 10.1. The van der Waals surface area contributed by atoms with Crippen LogP contribution in [0.4, 0.5) is 17.1 Å². The summed E-state index contributed by atoms with van der Waals surface area (Å²) in [5.74, 6) is -1.49. The molecule has 10 nitrogen and oxygen atoms in total. The lowest BCUT2D eigenvalue weighted by molar-refractivity contribution is -0.393. The van der Waals surface area contributed by atoms with E-state index >= 15 is 0 Å². The average molecular weight is 483 g/mol. The topological polar surface area (TPSA) is 144 Å². The van der Waals surface area contributed by atoms with Crippen molar-refractivity contribution in [1.82, 2.24) is 5.32 Å². The molecule has 0 aliphatic rings. The number of hydrogen-bond acceptors (Lipinski definition) is 6. The zero-order chi connectivity index (χ0) is 25.0. The van der Waals surface area contributed by atoms with Gasteiger partial charge in [-0.25, -0.2) is 0 Å². The first kappa shape index (κ1) is 24.3. The van der Waals surface area contributed by atoms with E-state index in [0.29, 0.717) is 11.3 Å². The van der Waals surface area contributed by atoms with Crippen LogP contribution >= 0.6 is 11.6 Å². The van der Waals surface area contributed by atoms with Gasteiger partial charge in [-0.1, -0.05) is 48.0 Å². The molecule has 2 N–H and O–H groups in total. The number of amides is 2. The fourth-order valence-corrected chi connectivity index (χ4v) is 3.66. The maximum Gasteiger partial charge on any atom is 0.295 e. The number of aryl methyl sites for hydroxylation is 2. The summed E-state index contributed by atoms with van der Waals surface area (Å²) in [5.41, 5.74) is 0.843. The van der Waals surface area contributed by atoms with Crippen molar-refractivity contribution in [3.05, 3.63) is 108 Å². The van der Waals surface area contributed by atoms with E-state index in [1.165, 1.54) is 0 Å². The predicted molar refractivity (Wildman–Crippen MR) is 126 cm³/mol. The van der Waals surface area contributed by atoms with Gasteiger partial charge in [0.05, 0.1) is 15.4 Å². The second-order valence-electron chi connectivity index (χ2n) is 7.53. The van der Waals surface area contributed by atoms with Crippen LogP contribution in [-0.4, -0.2) is 21.7 Å². The molecule has 1 atom stereocenters. The predicted octanol–water partition coefficient (Wildman–Crippen LogP) is 4.88. The Bertz CT molecular complexity index is 1240. The third kappa shape index (κ3) is 5.54. The van der Waals surface area contributed by atoms with E-state index in [1.54, 1.807) is 42.5 Å².